The fraction of sp³-hybridized carbons (Fsp3) is 0.579. The summed E-state index contributed by atoms with van der Waals surface area (Å²) in [5.74, 6) is -1.44. The van der Waals surface area contributed by atoms with Gasteiger partial charge in [0.05, 0.1) is 28.1 Å². The molecule has 2 saturated heterocycles. The van der Waals surface area contributed by atoms with Gasteiger partial charge in [0.2, 0.25) is 0 Å². The van der Waals surface area contributed by atoms with E-state index in [1.165, 1.54) is 0 Å². The Labute approximate surface area is 204 Å². The number of rotatable bonds is 5. The largest absolute Gasteiger partial charge is 0.456 e. The van der Waals surface area contributed by atoms with Crippen LogP contribution in [-0.2, 0) is 28.3 Å². The van der Waals surface area contributed by atoms with Gasteiger partial charge < -0.3 is 24.1 Å². The number of hydrogen-bond acceptors (Lipinski definition) is 6. The number of ether oxygens (including phenoxy) is 3. The maximum absolute atomic E-state index is 12.7. The van der Waals surface area contributed by atoms with Crippen molar-refractivity contribution < 1.29 is 41.5 Å². The summed E-state index contributed by atoms with van der Waals surface area (Å²) in [6.07, 6.45) is -6.89. The number of benzene rings is 1. The standard InChI is InChI=1S/C19H20Cl3F3NO6P/c1-10-7-17(8-29-13(30-9-17)11-5-3-2-4-6-11)31-14(32-33-16(28)19(23,24)25)12(10)26-15(27)18(20,21)22/h2-6,10,12-14,33H,7-9H2,1H3,(H,26,27)/t10-,12?,13?,14?,17?/m0/s1. The molecule has 184 valence electrons. The molecule has 1 N–H and O–H groups in total. The predicted octanol–water partition coefficient (Wildman–Crippen LogP) is 4.41. The van der Waals surface area contributed by atoms with E-state index in [4.69, 9.17) is 53.5 Å². The van der Waals surface area contributed by atoms with Gasteiger partial charge in [-0.15, -0.1) is 0 Å². The van der Waals surface area contributed by atoms with E-state index < -0.39 is 60.3 Å². The van der Waals surface area contributed by atoms with Crippen LogP contribution in [-0.4, -0.2) is 52.5 Å². The zero-order chi connectivity index (χ0) is 24.4. The molecule has 2 aliphatic heterocycles. The predicted molar refractivity (Wildman–Crippen MR) is 115 cm³/mol. The summed E-state index contributed by atoms with van der Waals surface area (Å²) in [5.41, 5.74) is -2.37. The van der Waals surface area contributed by atoms with E-state index in [0.29, 0.717) is 0 Å². The molecule has 3 rings (SSSR count). The maximum Gasteiger partial charge on any atom is 0.456 e. The summed E-state index contributed by atoms with van der Waals surface area (Å²) in [6, 6.07) is 8.14. The third-order valence-corrected chi connectivity index (χ3v) is 6.45. The van der Waals surface area contributed by atoms with Crippen molar-refractivity contribution in [3.63, 3.8) is 0 Å². The molecule has 1 aromatic rings. The molecule has 3 unspecified atom stereocenters. The molecule has 4 atom stereocenters. The molecular formula is C19H20Cl3F3NO6P. The first kappa shape index (κ1) is 26.9. The van der Waals surface area contributed by atoms with Crippen LogP contribution in [0, 0.1) is 5.92 Å². The summed E-state index contributed by atoms with van der Waals surface area (Å²) in [4.78, 5) is 23.5. The first-order valence-corrected chi connectivity index (χ1v) is 11.7. The second-order valence-corrected chi connectivity index (χ2v) is 10.9. The molecule has 0 aliphatic carbocycles. The summed E-state index contributed by atoms with van der Waals surface area (Å²) < 4.78 is 58.4. The van der Waals surface area contributed by atoms with Crippen LogP contribution in [0.5, 0.6) is 0 Å². The number of carbonyl (C=O) groups is 2. The summed E-state index contributed by atoms with van der Waals surface area (Å²) in [5, 5.41) is 2.42. The lowest BCUT2D eigenvalue weighted by Crippen LogP contribution is -2.63. The van der Waals surface area contributed by atoms with E-state index in [0.717, 1.165) is 5.56 Å². The van der Waals surface area contributed by atoms with Crippen LogP contribution in [0.15, 0.2) is 30.3 Å². The highest BCUT2D eigenvalue weighted by molar-refractivity contribution is 7.53. The number of alkyl halides is 6. The van der Waals surface area contributed by atoms with Gasteiger partial charge in [-0.05, 0) is 12.3 Å². The van der Waals surface area contributed by atoms with E-state index in [9.17, 15) is 22.8 Å². The Morgan fingerprint density at radius 2 is 1.76 bits per heavy atom. The monoisotopic (exact) mass is 551 g/mol. The van der Waals surface area contributed by atoms with Crippen molar-refractivity contribution in [2.75, 3.05) is 13.2 Å². The first-order chi connectivity index (χ1) is 15.3. The fourth-order valence-corrected chi connectivity index (χ4v) is 4.29. The first-order valence-electron chi connectivity index (χ1n) is 9.67. The smallest absolute Gasteiger partial charge is 0.345 e. The van der Waals surface area contributed by atoms with Crippen LogP contribution >= 0.6 is 43.6 Å². The second kappa shape index (κ2) is 10.5. The van der Waals surface area contributed by atoms with Gasteiger partial charge in [-0.2, -0.15) is 13.2 Å². The minimum atomic E-state index is -5.08. The molecule has 1 amide bonds. The van der Waals surface area contributed by atoms with E-state index in [-0.39, 0.29) is 19.6 Å². The highest BCUT2D eigenvalue weighted by Gasteiger charge is 2.51. The zero-order valence-corrected chi connectivity index (χ0v) is 20.3. The van der Waals surface area contributed by atoms with Crippen LogP contribution in [0.2, 0.25) is 0 Å². The topological polar surface area (TPSA) is 83.1 Å². The summed E-state index contributed by atoms with van der Waals surface area (Å²) in [7, 11) is -1.60. The van der Waals surface area contributed by atoms with E-state index in [2.05, 4.69) is 5.32 Å². The third kappa shape index (κ3) is 6.92. The Morgan fingerprint density at radius 3 is 2.30 bits per heavy atom. The summed E-state index contributed by atoms with van der Waals surface area (Å²) in [6.45, 7) is 1.79. The third-order valence-electron chi connectivity index (χ3n) is 5.11. The van der Waals surface area contributed by atoms with Crippen LogP contribution in [0.25, 0.3) is 0 Å². The zero-order valence-electron chi connectivity index (χ0n) is 17.0. The SMILES string of the molecule is C[C@H]1CC2(COC(c3ccccc3)OC2)OC(OPC(=O)C(F)(F)F)C1NC(=O)C(Cl)(Cl)Cl. The number of amides is 1. The van der Waals surface area contributed by atoms with Crippen LogP contribution in [0.3, 0.4) is 0 Å². The minimum Gasteiger partial charge on any atom is -0.345 e. The average molecular weight is 553 g/mol. The number of carbonyl (C=O) groups excluding carboxylic acids is 2. The molecule has 2 fully saturated rings. The van der Waals surface area contributed by atoms with Crippen molar-refractivity contribution in [2.45, 2.75) is 47.5 Å². The maximum atomic E-state index is 12.7. The van der Waals surface area contributed by atoms with E-state index >= 15 is 0 Å². The Hall–Kier alpha value is -0.710. The van der Waals surface area contributed by atoms with Gasteiger partial charge in [0.1, 0.15) is 5.60 Å². The van der Waals surface area contributed by atoms with Gasteiger partial charge in [-0.3, -0.25) is 9.59 Å². The Kier molecular flexibility index (Phi) is 8.55. The van der Waals surface area contributed by atoms with Crippen molar-refractivity contribution >= 4 is 55.0 Å². The quantitative estimate of drug-likeness (QED) is 0.431. The van der Waals surface area contributed by atoms with Gasteiger partial charge in [-0.1, -0.05) is 72.1 Å². The Morgan fingerprint density at radius 1 is 1.15 bits per heavy atom. The Bertz CT molecular complexity index is 849. The lowest BCUT2D eigenvalue weighted by Gasteiger charge is -2.49. The highest BCUT2D eigenvalue weighted by Crippen LogP contribution is 2.42. The van der Waals surface area contributed by atoms with Gasteiger partial charge in [-0.25, -0.2) is 0 Å². The molecule has 0 radical (unpaired) electrons. The number of halogens is 6. The van der Waals surface area contributed by atoms with Crippen LogP contribution in [0.1, 0.15) is 25.2 Å². The summed E-state index contributed by atoms with van der Waals surface area (Å²) >= 11 is 16.8. The second-order valence-electron chi connectivity index (χ2n) is 7.76. The van der Waals surface area contributed by atoms with Crippen molar-refractivity contribution in [3.8, 4) is 0 Å². The fourth-order valence-electron chi connectivity index (χ4n) is 3.59. The van der Waals surface area contributed by atoms with Crippen molar-refractivity contribution in [1.82, 2.24) is 5.32 Å². The van der Waals surface area contributed by atoms with Gasteiger partial charge in [0, 0.05) is 5.56 Å². The van der Waals surface area contributed by atoms with Crippen LogP contribution < -0.4 is 5.32 Å². The molecular weight excluding hydrogens is 533 g/mol. The molecule has 14 heteroatoms. The van der Waals surface area contributed by atoms with Crippen molar-refractivity contribution in [2.24, 2.45) is 5.92 Å². The van der Waals surface area contributed by atoms with E-state index in [1.807, 2.05) is 30.3 Å². The number of hydrogen-bond donors (Lipinski definition) is 1. The Balaban J connectivity index is 1.74. The molecule has 33 heavy (non-hydrogen) atoms. The molecule has 7 nitrogen and oxygen atoms in total. The van der Waals surface area contributed by atoms with E-state index in [1.54, 1.807) is 6.92 Å². The number of nitrogens with one attached hydrogen (secondary N) is 1. The minimum absolute atomic E-state index is 0.0399. The van der Waals surface area contributed by atoms with Gasteiger partial charge in [0.15, 0.2) is 12.6 Å². The molecule has 2 heterocycles. The van der Waals surface area contributed by atoms with Crippen LogP contribution in [0.4, 0.5) is 13.2 Å². The van der Waals surface area contributed by atoms with Crippen molar-refractivity contribution in [3.05, 3.63) is 35.9 Å². The molecule has 0 aromatic heterocycles. The lowest BCUT2D eigenvalue weighted by molar-refractivity contribution is -0.319. The molecule has 0 saturated carbocycles. The molecule has 2 aliphatic rings. The molecule has 1 spiro atoms. The molecule has 1 aromatic carbocycles. The average Bonchev–Trinajstić information content (AvgIpc) is 2.74. The van der Waals surface area contributed by atoms with Gasteiger partial charge >= 0.3 is 6.18 Å². The normalized spacial score (nSPS) is 31.1. The van der Waals surface area contributed by atoms with Gasteiger partial charge in [0.25, 0.3) is 15.2 Å². The molecule has 0 bridgehead atoms. The highest BCUT2D eigenvalue weighted by atomic mass is 35.6. The lowest BCUT2D eigenvalue weighted by atomic mass is 9.83. The van der Waals surface area contributed by atoms with Crippen molar-refractivity contribution in [1.29, 1.82) is 0 Å².